The maximum atomic E-state index is 14.0. The summed E-state index contributed by atoms with van der Waals surface area (Å²) in [6.45, 7) is 3.69. The molecule has 1 saturated carbocycles. The Hall–Kier alpha value is -3.24. The van der Waals surface area contributed by atoms with Crippen molar-refractivity contribution in [1.29, 1.82) is 0 Å². The molecule has 39 heavy (non-hydrogen) atoms. The van der Waals surface area contributed by atoms with Crippen LogP contribution in [0.25, 0.3) is 22.3 Å². The lowest BCUT2D eigenvalue weighted by molar-refractivity contribution is -0.136. The van der Waals surface area contributed by atoms with Crippen LogP contribution in [0.2, 0.25) is 0 Å². The summed E-state index contributed by atoms with van der Waals surface area (Å²) in [4.78, 5) is 9.14. The first-order valence-electron chi connectivity index (χ1n) is 13.6. The summed E-state index contributed by atoms with van der Waals surface area (Å²) in [5.41, 5.74) is 1.69. The van der Waals surface area contributed by atoms with E-state index in [1.54, 1.807) is 6.07 Å². The number of piperazine rings is 1. The highest BCUT2D eigenvalue weighted by Crippen LogP contribution is 2.41. The molecule has 4 aromatic rings. The zero-order valence-corrected chi connectivity index (χ0v) is 22.4. The summed E-state index contributed by atoms with van der Waals surface area (Å²) in [5, 5.41) is 7.93. The lowest BCUT2D eigenvalue weighted by atomic mass is 9.93. The standard InChI is InChI=1S/C29H31F3N6S/c30-29(31,32)24-13-7-12-22-25(24)33-18-23(27-34-35-28(39)38(27)19-20-8-3-1-4-9-20)26(22)37-16-14-36(15-17-37)21-10-5-2-6-11-21/h1,3-4,7-9,12-13,18,21H,2,5-6,10-11,14-17,19H2,(H,35,39). The monoisotopic (exact) mass is 552 g/mol. The topological polar surface area (TPSA) is 53.0 Å². The van der Waals surface area contributed by atoms with Crippen molar-refractivity contribution in [3.05, 3.63) is 70.6 Å². The van der Waals surface area contributed by atoms with Gasteiger partial charge < -0.3 is 4.90 Å². The molecule has 6 nitrogen and oxygen atoms in total. The van der Waals surface area contributed by atoms with Crippen molar-refractivity contribution in [2.24, 2.45) is 0 Å². The van der Waals surface area contributed by atoms with Crippen LogP contribution in [0.3, 0.4) is 0 Å². The largest absolute Gasteiger partial charge is 0.418 e. The Kier molecular flexibility index (Phi) is 7.16. The van der Waals surface area contributed by atoms with Crippen molar-refractivity contribution < 1.29 is 13.2 Å². The molecule has 2 aromatic heterocycles. The zero-order valence-electron chi connectivity index (χ0n) is 21.6. The number of alkyl halides is 3. The van der Waals surface area contributed by atoms with Gasteiger partial charge in [-0.05, 0) is 36.7 Å². The molecule has 0 bridgehead atoms. The van der Waals surface area contributed by atoms with Gasteiger partial charge in [-0.3, -0.25) is 19.5 Å². The third-order valence-electron chi connectivity index (χ3n) is 8.08. The van der Waals surface area contributed by atoms with Crippen molar-refractivity contribution >= 4 is 28.8 Å². The fraction of sp³-hybridized carbons (Fsp3) is 0.414. The van der Waals surface area contributed by atoms with Crippen LogP contribution in [0.1, 0.15) is 43.2 Å². The first kappa shape index (κ1) is 26.0. The van der Waals surface area contributed by atoms with Gasteiger partial charge in [0.05, 0.1) is 28.9 Å². The highest BCUT2D eigenvalue weighted by Gasteiger charge is 2.35. The number of nitrogens with one attached hydrogen (secondary N) is 1. The van der Waals surface area contributed by atoms with E-state index in [9.17, 15) is 13.2 Å². The minimum absolute atomic E-state index is 0.0396. The SMILES string of the molecule is FC(F)(F)c1cccc2c(N3CCN(C4CCCCC4)CC3)c(-c3n[nH]c(=S)n3Cc3ccccc3)cnc12. The molecule has 3 heterocycles. The van der Waals surface area contributed by atoms with E-state index < -0.39 is 11.7 Å². The van der Waals surface area contributed by atoms with Gasteiger partial charge >= 0.3 is 6.18 Å². The van der Waals surface area contributed by atoms with Crippen LogP contribution in [0.15, 0.2) is 54.7 Å². The molecule has 204 valence electrons. The zero-order chi connectivity index (χ0) is 27.0. The van der Waals surface area contributed by atoms with E-state index in [0.717, 1.165) is 43.5 Å². The molecule has 1 aliphatic heterocycles. The second-order valence-corrected chi connectivity index (χ2v) is 10.8. The predicted molar refractivity (Wildman–Crippen MR) is 149 cm³/mol. The summed E-state index contributed by atoms with van der Waals surface area (Å²) in [5.74, 6) is 0.570. The number of aromatic amines is 1. The number of benzene rings is 2. The van der Waals surface area contributed by atoms with Gasteiger partial charge in [0.1, 0.15) is 0 Å². The first-order valence-corrected chi connectivity index (χ1v) is 14.0. The Morgan fingerprint density at radius 3 is 2.38 bits per heavy atom. The number of H-pyrrole nitrogens is 1. The van der Waals surface area contributed by atoms with Gasteiger partial charge in [-0.1, -0.05) is 61.7 Å². The van der Waals surface area contributed by atoms with E-state index in [4.69, 9.17) is 12.2 Å². The molecule has 0 amide bonds. The van der Waals surface area contributed by atoms with Crippen LogP contribution in [0.5, 0.6) is 0 Å². The Morgan fingerprint density at radius 1 is 0.923 bits per heavy atom. The second-order valence-electron chi connectivity index (χ2n) is 10.5. The van der Waals surface area contributed by atoms with E-state index >= 15 is 0 Å². The van der Waals surface area contributed by atoms with E-state index in [2.05, 4.69) is 25.0 Å². The quantitative estimate of drug-likeness (QED) is 0.280. The Balaban J connectivity index is 1.44. The van der Waals surface area contributed by atoms with Gasteiger partial charge in [-0.2, -0.15) is 18.3 Å². The van der Waals surface area contributed by atoms with Crippen molar-refractivity contribution in [1.82, 2.24) is 24.6 Å². The first-order chi connectivity index (χ1) is 18.9. The molecule has 10 heteroatoms. The average molecular weight is 553 g/mol. The number of para-hydroxylation sites is 1. The van der Waals surface area contributed by atoms with Crippen LogP contribution in [0, 0.1) is 4.77 Å². The summed E-state index contributed by atoms with van der Waals surface area (Å²) < 4.78 is 44.3. The molecule has 1 aliphatic carbocycles. The molecule has 0 unspecified atom stereocenters. The highest BCUT2D eigenvalue weighted by atomic mass is 32.1. The molecule has 0 radical (unpaired) electrons. The number of nitrogens with zero attached hydrogens (tertiary/aromatic N) is 5. The number of hydrogen-bond donors (Lipinski definition) is 1. The number of halogens is 3. The minimum atomic E-state index is -4.50. The predicted octanol–water partition coefficient (Wildman–Crippen LogP) is 6.68. The van der Waals surface area contributed by atoms with Crippen LogP contribution < -0.4 is 4.90 Å². The number of pyridine rings is 1. The summed E-state index contributed by atoms with van der Waals surface area (Å²) in [6.07, 6.45) is 3.34. The van der Waals surface area contributed by atoms with Gasteiger partial charge in [0.25, 0.3) is 0 Å². The molecule has 0 spiro atoms. The van der Waals surface area contributed by atoms with E-state index in [1.165, 1.54) is 44.4 Å². The smallest absolute Gasteiger partial charge is 0.368 e. The van der Waals surface area contributed by atoms with Gasteiger partial charge in [0.2, 0.25) is 0 Å². The van der Waals surface area contributed by atoms with Crippen molar-refractivity contribution in [3.63, 3.8) is 0 Å². The molecule has 6 rings (SSSR count). The number of aromatic nitrogens is 4. The molecular formula is C29H31F3N6S. The minimum Gasteiger partial charge on any atom is -0.368 e. The third kappa shape index (κ3) is 5.19. The van der Waals surface area contributed by atoms with E-state index in [0.29, 0.717) is 34.1 Å². The summed E-state index contributed by atoms with van der Waals surface area (Å²) in [7, 11) is 0. The van der Waals surface area contributed by atoms with Gasteiger partial charge in [0, 0.05) is 43.8 Å². The van der Waals surface area contributed by atoms with Crippen molar-refractivity contribution in [2.45, 2.75) is 50.9 Å². The normalized spacial score (nSPS) is 17.7. The Labute approximate surface area is 230 Å². The van der Waals surface area contributed by atoms with Crippen LogP contribution in [-0.4, -0.2) is 56.9 Å². The maximum absolute atomic E-state index is 14.0. The van der Waals surface area contributed by atoms with Gasteiger partial charge in [-0.15, -0.1) is 0 Å². The number of fused-ring (bicyclic) bond motifs is 1. The van der Waals surface area contributed by atoms with Crippen LogP contribution in [0.4, 0.5) is 18.9 Å². The molecular weight excluding hydrogens is 521 g/mol. The average Bonchev–Trinajstić information content (AvgIpc) is 3.32. The molecule has 2 aliphatic rings. The highest BCUT2D eigenvalue weighted by molar-refractivity contribution is 7.71. The fourth-order valence-electron chi connectivity index (χ4n) is 6.13. The Bertz CT molecular complexity index is 1500. The number of hydrogen-bond acceptors (Lipinski definition) is 5. The molecule has 2 aromatic carbocycles. The lowest BCUT2D eigenvalue weighted by Gasteiger charge is -2.42. The Morgan fingerprint density at radius 2 is 1.67 bits per heavy atom. The molecule has 1 saturated heterocycles. The van der Waals surface area contributed by atoms with E-state index in [-0.39, 0.29) is 5.52 Å². The third-order valence-corrected chi connectivity index (χ3v) is 8.39. The second kappa shape index (κ2) is 10.7. The maximum Gasteiger partial charge on any atom is 0.418 e. The fourth-order valence-corrected chi connectivity index (χ4v) is 6.33. The lowest BCUT2D eigenvalue weighted by Crippen LogP contribution is -2.51. The number of anilines is 1. The van der Waals surface area contributed by atoms with Crippen LogP contribution in [-0.2, 0) is 12.7 Å². The molecule has 2 fully saturated rings. The van der Waals surface area contributed by atoms with Crippen LogP contribution >= 0.6 is 12.2 Å². The number of rotatable bonds is 5. The summed E-state index contributed by atoms with van der Waals surface area (Å²) >= 11 is 5.58. The van der Waals surface area contributed by atoms with Gasteiger partial charge in [0.15, 0.2) is 10.6 Å². The molecule has 0 atom stereocenters. The van der Waals surface area contributed by atoms with Gasteiger partial charge in [-0.25, -0.2) is 0 Å². The van der Waals surface area contributed by atoms with Crippen molar-refractivity contribution in [2.75, 3.05) is 31.1 Å². The van der Waals surface area contributed by atoms with Crippen molar-refractivity contribution in [3.8, 4) is 11.4 Å². The van der Waals surface area contributed by atoms with E-state index in [1.807, 2.05) is 34.9 Å². The molecule has 1 N–H and O–H groups in total. The summed E-state index contributed by atoms with van der Waals surface area (Å²) in [6, 6.07) is 14.8.